The van der Waals surface area contributed by atoms with Gasteiger partial charge in [0.05, 0.1) is 0 Å². The van der Waals surface area contributed by atoms with Crippen LogP contribution in [0.3, 0.4) is 0 Å². The van der Waals surface area contributed by atoms with Crippen LogP contribution >= 0.6 is 31.9 Å². The van der Waals surface area contributed by atoms with Gasteiger partial charge in [0, 0.05) is 15.5 Å². The smallest absolute Gasteiger partial charge is 0.404 e. The van der Waals surface area contributed by atoms with Crippen molar-refractivity contribution in [1.82, 2.24) is 4.72 Å². The van der Waals surface area contributed by atoms with E-state index in [-0.39, 0.29) is 11.0 Å². The zero-order valence-corrected chi connectivity index (χ0v) is 15.8. The second-order valence-corrected chi connectivity index (χ2v) is 8.06. The molecule has 24 heavy (non-hydrogen) atoms. The lowest BCUT2D eigenvalue weighted by atomic mass is 10.2. The third-order valence-corrected chi connectivity index (χ3v) is 5.54. The van der Waals surface area contributed by atoms with Gasteiger partial charge in [0.2, 0.25) is 10.0 Å². The first-order valence-electron chi connectivity index (χ1n) is 6.37. The summed E-state index contributed by atoms with van der Waals surface area (Å²) in [5.74, 6) is -0.809. The van der Waals surface area contributed by atoms with E-state index < -0.39 is 27.0 Å². The molecule has 0 aliphatic carbocycles. The third-order valence-electron chi connectivity index (χ3n) is 2.83. The van der Waals surface area contributed by atoms with E-state index in [2.05, 4.69) is 41.3 Å². The maximum Gasteiger partial charge on any atom is 0.573 e. The van der Waals surface area contributed by atoms with Crippen molar-refractivity contribution in [1.29, 1.82) is 0 Å². The van der Waals surface area contributed by atoms with Crippen LogP contribution in [0.25, 0.3) is 0 Å². The molecule has 0 saturated heterocycles. The van der Waals surface area contributed by atoms with Crippen molar-refractivity contribution in [3.63, 3.8) is 0 Å². The molecule has 0 aliphatic rings. The van der Waals surface area contributed by atoms with Crippen LogP contribution in [0.1, 0.15) is 5.56 Å². The van der Waals surface area contributed by atoms with Crippen molar-refractivity contribution in [2.75, 3.05) is 0 Å². The van der Waals surface area contributed by atoms with E-state index in [0.29, 0.717) is 10.0 Å². The molecule has 0 bridgehead atoms. The summed E-state index contributed by atoms with van der Waals surface area (Å²) in [6, 6.07) is 10.2. The van der Waals surface area contributed by atoms with Gasteiger partial charge in [0.15, 0.2) is 5.75 Å². The fourth-order valence-electron chi connectivity index (χ4n) is 1.80. The van der Waals surface area contributed by atoms with E-state index >= 15 is 0 Å². The molecule has 0 aromatic heterocycles. The van der Waals surface area contributed by atoms with Crippen molar-refractivity contribution >= 4 is 41.9 Å². The normalized spacial score (nSPS) is 12.2. The van der Waals surface area contributed by atoms with E-state index in [0.717, 1.165) is 12.1 Å². The first-order valence-corrected chi connectivity index (χ1v) is 9.44. The van der Waals surface area contributed by atoms with Crippen molar-refractivity contribution < 1.29 is 26.3 Å². The van der Waals surface area contributed by atoms with Crippen LogP contribution in [-0.4, -0.2) is 14.8 Å². The van der Waals surface area contributed by atoms with Crippen LogP contribution in [0.15, 0.2) is 56.3 Å². The van der Waals surface area contributed by atoms with E-state index in [1.165, 1.54) is 6.07 Å². The molecule has 1 N–H and O–H groups in total. The summed E-state index contributed by atoms with van der Waals surface area (Å²) in [7, 11) is -4.21. The first kappa shape index (κ1) is 19.2. The Kier molecular flexibility index (Phi) is 5.95. The van der Waals surface area contributed by atoms with Gasteiger partial charge >= 0.3 is 6.36 Å². The summed E-state index contributed by atoms with van der Waals surface area (Å²) in [6.45, 7) is -0.0920. The second-order valence-electron chi connectivity index (χ2n) is 4.55. The van der Waals surface area contributed by atoms with Gasteiger partial charge < -0.3 is 4.74 Å². The van der Waals surface area contributed by atoms with Gasteiger partial charge in [-0.15, -0.1) is 13.2 Å². The molecular formula is C14H10Br2F3NO3S. The van der Waals surface area contributed by atoms with Crippen molar-refractivity contribution in [2.24, 2.45) is 0 Å². The monoisotopic (exact) mass is 487 g/mol. The highest BCUT2D eigenvalue weighted by Gasteiger charge is 2.34. The number of alkyl halides is 3. The number of hydrogen-bond acceptors (Lipinski definition) is 3. The molecule has 0 atom stereocenters. The Morgan fingerprint density at radius 2 is 1.75 bits per heavy atom. The van der Waals surface area contributed by atoms with Gasteiger partial charge in [-0.25, -0.2) is 13.1 Å². The lowest BCUT2D eigenvalue weighted by Gasteiger charge is -2.14. The first-order chi connectivity index (χ1) is 11.1. The minimum Gasteiger partial charge on any atom is -0.404 e. The van der Waals surface area contributed by atoms with Gasteiger partial charge in [-0.1, -0.05) is 50.1 Å². The van der Waals surface area contributed by atoms with Crippen LogP contribution in [0, 0.1) is 0 Å². The number of sulfonamides is 1. The van der Waals surface area contributed by atoms with E-state index in [1.807, 2.05) is 0 Å². The molecule has 0 radical (unpaired) electrons. The summed E-state index contributed by atoms with van der Waals surface area (Å²) in [5.41, 5.74) is 0.636. The summed E-state index contributed by atoms with van der Waals surface area (Å²) < 4.78 is 69.2. The molecule has 0 heterocycles. The average molecular weight is 489 g/mol. The summed E-state index contributed by atoms with van der Waals surface area (Å²) in [5, 5.41) is 0. The molecule has 130 valence electrons. The molecular weight excluding hydrogens is 479 g/mol. The molecule has 0 aliphatic heterocycles. The van der Waals surface area contributed by atoms with E-state index in [4.69, 9.17) is 0 Å². The Hall–Kier alpha value is -1.10. The molecule has 2 aromatic carbocycles. The predicted octanol–water partition coefficient (Wildman–Crippen LogP) is 4.59. The summed E-state index contributed by atoms with van der Waals surface area (Å²) in [4.78, 5) is -0.602. The van der Waals surface area contributed by atoms with Crippen molar-refractivity contribution in [3.8, 4) is 5.75 Å². The average Bonchev–Trinajstić information content (AvgIpc) is 2.44. The zero-order chi connectivity index (χ0) is 18.0. The fourth-order valence-corrected chi connectivity index (χ4v) is 3.68. The Bertz CT molecular complexity index is 841. The molecule has 0 saturated carbocycles. The minimum atomic E-state index is -5.01. The van der Waals surface area contributed by atoms with Crippen LogP contribution in [0.5, 0.6) is 5.75 Å². The standard InChI is InChI=1S/C14H10Br2F3NO3S/c15-10-5-6-13(12(7-10)23-14(17,18)19)24(21,22)20-8-9-3-1-2-4-11(9)16/h1-7,20H,8H2. The van der Waals surface area contributed by atoms with Crippen molar-refractivity contribution in [3.05, 3.63) is 57.0 Å². The number of hydrogen-bond donors (Lipinski definition) is 1. The summed E-state index contributed by atoms with van der Waals surface area (Å²) >= 11 is 6.26. The maximum absolute atomic E-state index is 12.5. The molecule has 2 rings (SSSR count). The number of ether oxygens (including phenoxy) is 1. The molecule has 0 fully saturated rings. The quantitative estimate of drug-likeness (QED) is 0.669. The Morgan fingerprint density at radius 1 is 1.08 bits per heavy atom. The molecule has 0 amide bonds. The Morgan fingerprint density at radius 3 is 2.38 bits per heavy atom. The third kappa shape index (κ3) is 5.20. The zero-order valence-electron chi connectivity index (χ0n) is 11.8. The van der Waals surface area contributed by atoms with Crippen LogP contribution in [0.2, 0.25) is 0 Å². The molecule has 0 spiro atoms. The molecule has 10 heteroatoms. The predicted molar refractivity (Wildman–Crippen MR) is 89.0 cm³/mol. The largest absolute Gasteiger partial charge is 0.573 e. The minimum absolute atomic E-state index is 0.0920. The fraction of sp³-hybridized carbons (Fsp3) is 0.143. The topological polar surface area (TPSA) is 55.4 Å². The lowest BCUT2D eigenvalue weighted by Crippen LogP contribution is -2.25. The lowest BCUT2D eigenvalue weighted by molar-refractivity contribution is -0.275. The van der Waals surface area contributed by atoms with Crippen LogP contribution in [0.4, 0.5) is 13.2 Å². The number of benzene rings is 2. The molecule has 0 unspecified atom stereocenters. The highest BCUT2D eigenvalue weighted by Crippen LogP contribution is 2.32. The number of rotatable bonds is 5. The van der Waals surface area contributed by atoms with Crippen LogP contribution in [-0.2, 0) is 16.6 Å². The van der Waals surface area contributed by atoms with Crippen LogP contribution < -0.4 is 9.46 Å². The van der Waals surface area contributed by atoms with E-state index in [9.17, 15) is 21.6 Å². The Labute approximate surface area is 153 Å². The highest BCUT2D eigenvalue weighted by molar-refractivity contribution is 9.10. The Balaban J connectivity index is 2.30. The maximum atomic E-state index is 12.5. The van der Waals surface area contributed by atoms with Gasteiger partial charge in [-0.05, 0) is 29.8 Å². The van der Waals surface area contributed by atoms with E-state index in [1.54, 1.807) is 24.3 Å². The highest BCUT2D eigenvalue weighted by atomic mass is 79.9. The summed E-state index contributed by atoms with van der Waals surface area (Å²) in [6.07, 6.45) is -5.01. The van der Waals surface area contributed by atoms with Gasteiger partial charge in [-0.2, -0.15) is 0 Å². The second kappa shape index (κ2) is 7.42. The molecule has 4 nitrogen and oxygen atoms in total. The van der Waals surface area contributed by atoms with Gasteiger partial charge in [0.1, 0.15) is 4.90 Å². The van der Waals surface area contributed by atoms with Crippen molar-refractivity contribution in [2.45, 2.75) is 17.8 Å². The number of nitrogens with one attached hydrogen (secondary N) is 1. The molecule has 2 aromatic rings. The number of halogens is 5. The SMILES string of the molecule is O=S(=O)(NCc1ccccc1Br)c1ccc(Br)cc1OC(F)(F)F. The van der Waals surface area contributed by atoms with Gasteiger partial charge in [0.25, 0.3) is 0 Å². The van der Waals surface area contributed by atoms with Gasteiger partial charge in [-0.3, -0.25) is 0 Å².